The lowest BCUT2D eigenvalue weighted by atomic mass is 10.0. The summed E-state index contributed by atoms with van der Waals surface area (Å²) in [6, 6.07) is 18.7. The van der Waals surface area contributed by atoms with Crippen molar-refractivity contribution in [1.29, 1.82) is 0 Å². The molecular weight excluding hydrogens is 265 g/mol. The molecule has 3 aromatic rings. The van der Waals surface area contributed by atoms with Crippen LogP contribution in [0.4, 0.5) is 4.39 Å². The molecule has 0 atom stereocenters. The molecule has 0 bridgehead atoms. The quantitative estimate of drug-likeness (QED) is 0.674. The van der Waals surface area contributed by atoms with Gasteiger partial charge in [-0.2, -0.15) is 0 Å². The lowest BCUT2D eigenvalue weighted by Crippen LogP contribution is -2.01. The molecule has 2 aromatic carbocycles. The maximum Gasteiger partial charge on any atom is 0.194 e. The fraction of sp³-hybridized carbons (Fsp3) is 0. The fourth-order valence-corrected chi connectivity index (χ4v) is 2.08. The highest BCUT2D eigenvalue weighted by Crippen LogP contribution is 2.18. The van der Waals surface area contributed by atoms with Gasteiger partial charge in [-0.05, 0) is 36.4 Å². The largest absolute Gasteiger partial charge is 0.289 e. The van der Waals surface area contributed by atoms with Crippen molar-refractivity contribution in [3.8, 4) is 11.3 Å². The minimum Gasteiger partial charge on any atom is -0.289 e. The zero-order chi connectivity index (χ0) is 14.7. The molecule has 1 heterocycles. The van der Waals surface area contributed by atoms with Crippen LogP contribution in [0.1, 0.15) is 15.9 Å². The van der Waals surface area contributed by atoms with E-state index in [4.69, 9.17) is 0 Å². The molecule has 0 saturated heterocycles. The number of hydrogen-bond acceptors (Lipinski definition) is 2. The summed E-state index contributed by atoms with van der Waals surface area (Å²) in [5.74, 6) is -0.344. The first-order valence-electron chi connectivity index (χ1n) is 6.56. The van der Waals surface area contributed by atoms with Gasteiger partial charge >= 0.3 is 0 Å². The van der Waals surface area contributed by atoms with Gasteiger partial charge in [0.2, 0.25) is 0 Å². The molecule has 0 saturated carbocycles. The van der Waals surface area contributed by atoms with Crippen molar-refractivity contribution < 1.29 is 9.18 Å². The number of pyridine rings is 1. The van der Waals surface area contributed by atoms with Crippen molar-refractivity contribution in [2.75, 3.05) is 0 Å². The van der Waals surface area contributed by atoms with E-state index in [1.54, 1.807) is 42.6 Å². The molecule has 0 radical (unpaired) electrons. The summed E-state index contributed by atoms with van der Waals surface area (Å²) in [5, 5.41) is 0. The first-order chi connectivity index (χ1) is 10.2. The van der Waals surface area contributed by atoms with Gasteiger partial charge in [-0.3, -0.25) is 9.78 Å². The molecule has 21 heavy (non-hydrogen) atoms. The van der Waals surface area contributed by atoms with Crippen LogP contribution in [0.25, 0.3) is 11.3 Å². The maximum absolute atomic E-state index is 12.9. The molecule has 0 amide bonds. The van der Waals surface area contributed by atoms with E-state index in [1.807, 2.05) is 18.2 Å². The Hall–Kier alpha value is -2.81. The molecule has 0 fully saturated rings. The fourth-order valence-electron chi connectivity index (χ4n) is 2.08. The zero-order valence-corrected chi connectivity index (χ0v) is 11.2. The Balaban J connectivity index is 1.87. The van der Waals surface area contributed by atoms with E-state index in [0.29, 0.717) is 16.8 Å². The normalized spacial score (nSPS) is 10.3. The van der Waals surface area contributed by atoms with Gasteiger partial charge in [0, 0.05) is 22.9 Å². The summed E-state index contributed by atoms with van der Waals surface area (Å²) in [5.41, 5.74) is 2.69. The number of rotatable bonds is 3. The van der Waals surface area contributed by atoms with Crippen molar-refractivity contribution in [2.24, 2.45) is 0 Å². The molecule has 0 aliphatic rings. The summed E-state index contributed by atoms with van der Waals surface area (Å²) >= 11 is 0. The van der Waals surface area contributed by atoms with E-state index in [0.717, 1.165) is 5.56 Å². The van der Waals surface area contributed by atoms with E-state index in [2.05, 4.69) is 4.98 Å². The lowest BCUT2D eigenvalue weighted by molar-refractivity contribution is 0.103. The van der Waals surface area contributed by atoms with Crippen molar-refractivity contribution in [2.45, 2.75) is 0 Å². The second-order valence-corrected chi connectivity index (χ2v) is 4.63. The molecule has 3 rings (SSSR count). The Morgan fingerprint density at radius 2 is 1.52 bits per heavy atom. The summed E-state index contributed by atoms with van der Waals surface area (Å²) in [4.78, 5) is 16.5. The molecule has 0 aliphatic heterocycles. The third-order valence-electron chi connectivity index (χ3n) is 3.20. The van der Waals surface area contributed by atoms with Gasteiger partial charge in [-0.15, -0.1) is 0 Å². The number of carbonyl (C=O) groups excluding carboxylic acids is 1. The van der Waals surface area contributed by atoms with Gasteiger partial charge in [-0.1, -0.05) is 30.3 Å². The Morgan fingerprint density at radius 1 is 0.810 bits per heavy atom. The predicted molar refractivity (Wildman–Crippen MR) is 79.5 cm³/mol. The molecular formula is C18H12FNO. The van der Waals surface area contributed by atoms with Gasteiger partial charge in [0.1, 0.15) is 5.82 Å². The number of aromatic nitrogens is 1. The minimum absolute atomic E-state index is 0.0613. The molecule has 0 spiro atoms. The van der Waals surface area contributed by atoms with Crippen molar-refractivity contribution in [1.82, 2.24) is 4.98 Å². The summed E-state index contributed by atoms with van der Waals surface area (Å²) in [6.45, 7) is 0. The highest BCUT2D eigenvalue weighted by Gasteiger charge is 2.09. The van der Waals surface area contributed by atoms with Crippen LogP contribution in [0.2, 0.25) is 0 Å². The number of ketones is 1. The Kier molecular flexibility index (Phi) is 3.56. The smallest absolute Gasteiger partial charge is 0.194 e. The Labute approximate surface area is 121 Å². The van der Waals surface area contributed by atoms with Crippen LogP contribution in [-0.4, -0.2) is 10.8 Å². The monoisotopic (exact) mass is 277 g/mol. The minimum atomic E-state index is -0.283. The van der Waals surface area contributed by atoms with Crippen LogP contribution in [0.5, 0.6) is 0 Å². The molecule has 1 aromatic heterocycles. The molecule has 0 unspecified atom stereocenters. The third-order valence-corrected chi connectivity index (χ3v) is 3.20. The van der Waals surface area contributed by atoms with E-state index >= 15 is 0 Å². The average molecular weight is 277 g/mol. The highest BCUT2D eigenvalue weighted by molar-refractivity contribution is 6.08. The van der Waals surface area contributed by atoms with E-state index < -0.39 is 0 Å². The van der Waals surface area contributed by atoms with Gasteiger partial charge in [0.15, 0.2) is 5.78 Å². The highest BCUT2D eigenvalue weighted by atomic mass is 19.1. The van der Waals surface area contributed by atoms with Crippen molar-refractivity contribution >= 4 is 5.78 Å². The maximum atomic E-state index is 12.9. The van der Waals surface area contributed by atoms with Gasteiger partial charge in [0.25, 0.3) is 0 Å². The first kappa shape index (κ1) is 13.2. The predicted octanol–water partition coefficient (Wildman–Crippen LogP) is 4.12. The lowest BCUT2D eigenvalue weighted by Gasteiger charge is -2.03. The number of hydrogen-bond donors (Lipinski definition) is 0. The van der Waals surface area contributed by atoms with Gasteiger partial charge in [0.05, 0.1) is 5.69 Å². The first-order valence-corrected chi connectivity index (χ1v) is 6.56. The Bertz CT molecular complexity index is 749. The SMILES string of the molecule is O=C(c1ccccc1)c1ccc(-c2ccc(F)cc2)nc1. The van der Waals surface area contributed by atoms with Crippen molar-refractivity contribution in [3.63, 3.8) is 0 Å². The molecule has 2 nitrogen and oxygen atoms in total. The van der Waals surface area contributed by atoms with Crippen LogP contribution in [-0.2, 0) is 0 Å². The van der Waals surface area contributed by atoms with Crippen LogP contribution in [0, 0.1) is 5.82 Å². The topological polar surface area (TPSA) is 30.0 Å². The van der Waals surface area contributed by atoms with E-state index in [1.165, 1.54) is 12.1 Å². The van der Waals surface area contributed by atoms with E-state index in [9.17, 15) is 9.18 Å². The average Bonchev–Trinajstić information content (AvgIpc) is 2.56. The van der Waals surface area contributed by atoms with Crippen LogP contribution in [0.15, 0.2) is 72.9 Å². The Morgan fingerprint density at radius 3 is 2.14 bits per heavy atom. The van der Waals surface area contributed by atoms with Crippen LogP contribution in [0.3, 0.4) is 0 Å². The standard InChI is InChI=1S/C18H12FNO/c19-16-9-6-13(7-10-16)17-11-8-15(12-20-17)18(21)14-4-2-1-3-5-14/h1-12H. The second kappa shape index (κ2) is 5.67. The summed E-state index contributed by atoms with van der Waals surface area (Å²) in [7, 11) is 0. The molecule has 0 aliphatic carbocycles. The van der Waals surface area contributed by atoms with Crippen molar-refractivity contribution in [3.05, 3.63) is 89.9 Å². The third kappa shape index (κ3) is 2.87. The van der Waals surface area contributed by atoms with Crippen LogP contribution < -0.4 is 0 Å². The molecule has 0 N–H and O–H groups in total. The van der Waals surface area contributed by atoms with Crippen LogP contribution >= 0.6 is 0 Å². The number of benzene rings is 2. The zero-order valence-electron chi connectivity index (χ0n) is 11.2. The molecule has 102 valence electrons. The number of nitrogens with zero attached hydrogens (tertiary/aromatic N) is 1. The van der Waals surface area contributed by atoms with Gasteiger partial charge < -0.3 is 0 Å². The number of halogens is 1. The number of carbonyl (C=O) groups is 1. The van der Waals surface area contributed by atoms with Gasteiger partial charge in [-0.25, -0.2) is 4.39 Å². The summed E-state index contributed by atoms with van der Waals surface area (Å²) < 4.78 is 12.9. The molecule has 3 heteroatoms. The van der Waals surface area contributed by atoms with E-state index in [-0.39, 0.29) is 11.6 Å². The summed E-state index contributed by atoms with van der Waals surface area (Å²) in [6.07, 6.45) is 1.55. The second-order valence-electron chi connectivity index (χ2n) is 4.63.